The fourth-order valence-corrected chi connectivity index (χ4v) is 5.31. The highest BCUT2D eigenvalue weighted by atomic mass is 16.5. The number of para-hydroxylation sites is 1. The summed E-state index contributed by atoms with van der Waals surface area (Å²) < 4.78 is 7.65. The number of pyridine rings is 2. The van der Waals surface area contributed by atoms with Gasteiger partial charge in [0.2, 0.25) is 5.91 Å². The van der Waals surface area contributed by atoms with E-state index >= 15 is 0 Å². The number of hydrogen-bond donors (Lipinski definition) is 0. The molecule has 0 unspecified atom stereocenters. The maximum Gasteiger partial charge on any atom is 0.242 e. The lowest BCUT2D eigenvalue weighted by molar-refractivity contribution is -0.135. The largest absolute Gasteiger partial charge is 0.378 e. The van der Waals surface area contributed by atoms with Crippen LogP contribution in [0, 0.1) is 6.92 Å². The van der Waals surface area contributed by atoms with Crippen molar-refractivity contribution < 1.29 is 9.53 Å². The Kier molecular flexibility index (Phi) is 8.12. The minimum atomic E-state index is 0.129. The lowest BCUT2D eigenvalue weighted by Crippen LogP contribution is -2.42. The van der Waals surface area contributed by atoms with Gasteiger partial charge in [-0.25, -0.2) is 0 Å². The summed E-state index contributed by atoms with van der Waals surface area (Å²) in [7, 11) is 0. The van der Waals surface area contributed by atoms with Crippen molar-refractivity contribution in [1.29, 1.82) is 0 Å². The molecule has 37 heavy (non-hydrogen) atoms. The third kappa shape index (κ3) is 5.68. The van der Waals surface area contributed by atoms with Crippen LogP contribution in [0.15, 0.2) is 54.9 Å². The predicted octanol–water partition coefficient (Wildman–Crippen LogP) is 4.94. The molecule has 4 aromatic rings. The van der Waals surface area contributed by atoms with Crippen LogP contribution in [-0.4, -0.2) is 63.1 Å². The number of fused-ring (bicyclic) bond motifs is 3. The number of carbonyl (C=O) groups is 1. The van der Waals surface area contributed by atoms with E-state index in [4.69, 9.17) is 9.72 Å². The SMILES string of the molecule is CCCCCN(Cc1ncccc1C)Cc1nccc2c3ccccc3n(CC(=O)N3CCOCC3)c12. The van der Waals surface area contributed by atoms with Gasteiger partial charge in [-0.15, -0.1) is 0 Å². The molecule has 1 aromatic carbocycles. The fourth-order valence-electron chi connectivity index (χ4n) is 5.31. The first-order chi connectivity index (χ1) is 18.2. The maximum atomic E-state index is 13.3. The zero-order valence-corrected chi connectivity index (χ0v) is 22.0. The number of nitrogens with zero attached hydrogens (tertiary/aromatic N) is 5. The molecule has 0 bridgehead atoms. The average molecular weight is 500 g/mol. The van der Waals surface area contributed by atoms with Crippen molar-refractivity contribution in [3.05, 3.63) is 71.8 Å². The topological polar surface area (TPSA) is 63.5 Å². The summed E-state index contributed by atoms with van der Waals surface area (Å²) >= 11 is 0. The Hall–Kier alpha value is -3.29. The second-order valence-corrected chi connectivity index (χ2v) is 9.94. The minimum absolute atomic E-state index is 0.129. The number of morpholine rings is 1. The minimum Gasteiger partial charge on any atom is -0.378 e. The first-order valence-electron chi connectivity index (χ1n) is 13.5. The van der Waals surface area contributed by atoms with Gasteiger partial charge >= 0.3 is 0 Å². The van der Waals surface area contributed by atoms with Crippen LogP contribution >= 0.6 is 0 Å². The third-order valence-corrected chi connectivity index (χ3v) is 7.35. The van der Waals surface area contributed by atoms with Crippen molar-refractivity contribution in [1.82, 2.24) is 24.3 Å². The van der Waals surface area contributed by atoms with E-state index in [1.807, 2.05) is 29.4 Å². The lowest BCUT2D eigenvalue weighted by Gasteiger charge is -2.27. The van der Waals surface area contributed by atoms with Gasteiger partial charge in [-0.05, 0) is 43.7 Å². The normalized spacial score (nSPS) is 14.2. The Bertz CT molecular complexity index is 1360. The summed E-state index contributed by atoms with van der Waals surface area (Å²) in [5.74, 6) is 0.129. The van der Waals surface area contributed by atoms with Crippen LogP contribution in [0.5, 0.6) is 0 Å². The summed E-state index contributed by atoms with van der Waals surface area (Å²) in [6.45, 7) is 9.63. The molecule has 5 rings (SSSR count). The van der Waals surface area contributed by atoms with E-state index in [1.165, 1.54) is 18.4 Å². The number of ether oxygens (including phenoxy) is 1. The van der Waals surface area contributed by atoms with Crippen molar-refractivity contribution in [2.45, 2.75) is 52.7 Å². The van der Waals surface area contributed by atoms with Crippen LogP contribution in [0.25, 0.3) is 21.8 Å². The monoisotopic (exact) mass is 499 g/mol. The van der Waals surface area contributed by atoms with Gasteiger partial charge in [0.05, 0.1) is 30.1 Å². The number of amides is 1. The lowest BCUT2D eigenvalue weighted by atomic mass is 10.1. The van der Waals surface area contributed by atoms with Gasteiger partial charge < -0.3 is 14.2 Å². The summed E-state index contributed by atoms with van der Waals surface area (Å²) in [5, 5.41) is 2.31. The van der Waals surface area contributed by atoms with E-state index in [1.54, 1.807) is 0 Å². The molecular weight excluding hydrogens is 462 g/mol. The molecule has 3 aromatic heterocycles. The molecule has 7 nitrogen and oxygen atoms in total. The highest BCUT2D eigenvalue weighted by Gasteiger charge is 2.22. The van der Waals surface area contributed by atoms with Gasteiger partial charge in [-0.2, -0.15) is 0 Å². The molecule has 1 aliphatic rings. The quantitative estimate of drug-likeness (QED) is 0.289. The Labute approximate surface area is 219 Å². The van der Waals surface area contributed by atoms with Crippen LogP contribution in [0.2, 0.25) is 0 Å². The van der Waals surface area contributed by atoms with Crippen molar-refractivity contribution in [2.75, 3.05) is 32.8 Å². The summed E-state index contributed by atoms with van der Waals surface area (Å²) in [5.41, 5.74) is 5.46. The molecule has 4 heterocycles. The maximum absolute atomic E-state index is 13.3. The summed E-state index contributed by atoms with van der Waals surface area (Å²) in [6, 6.07) is 14.6. The zero-order valence-electron chi connectivity index (χ0n) is 22.0. The molecule has 0 radical (unpaired) electrons. The van der Waals surface area contributed by atoms with Crippen LogP contribution in [0.1, 0.15) is 43.1 Å². The average Bonchev–Trinajstić information content (AvgIpc) is 3.25. The van der Waals surface area contributed by atoms with Crippen LogP contribution in [0.4, 0.5) is 0 Å². The molecule has 0 saturated carbocycles. The number of rotatable bonds is 10. The number of unbranched alkanes of at least 4 members (excludes halogenated alkanes) is 2. The number of carbonyl (C=O) groups excluding carboxylic acids is 1. The molecule has 7 heteroatoms. The molecule has 0 atom stereocenters. The van der Waals surface area contributed by atoms with Crippen LogP contribution in [0.3, 0.4) is 0 Å². The van der Waals surface area contributed by atoms with Crippen LogP contribution < -0.4 is 0 Å². The van der Waals surface area contributed by atoms with Gasteiger partial charge in [-0.3, -0.25) is 19.7 Å². The number of hydrogen-bond acceptors (Lipinski definition) is 5. The molecule has 194 valence electrons. The fraction of sp³-hybridized carbons (Fsp3) is 0.433. The Morgan fingerprint density at radius 2 is 1.73 bits per heavy atom. The Balaban J connectivity index is 1.52. The van der Waals surface area contributed by atoms with Gasteiger partial charge in [0.1, 0.15) is 6.54 Å². The highest BCUT2D eigenvalue weighted by Crippen LogP contribution is 2.31. The molecule has 0 N–H and O–H groups in total. The Morgan fingerprint density at radius 3 is 2.54 bits per heavy atom. The van der Waals surface area contributed by atoms with Gasteiger partial charge in [0, 0.05) is 54.9 Å². The van der Waals surface area contributed by atoms with Crippen molar-refractivity contribution in [2.24, 2.45) is 0 Å². The molecule has 1 amide bonds. The molecular formula is C30H37N5O2. The van der Waals surface area contributed by atoms with E-state index in [-0.39, 0.29) is 5.91 Å². The van der Waals surface area contributed by atoms with E-state index in [9.17, 15) is 4.79 Å². The molecule has 1 saturated heterocycles. The second-order valence-electron chi connectivity index (χ2n) is 9.94. The standard InChI is InChI=1S/C30H37N5O2/c1-3-4-7-15-33(20-26-23(2)9-8-13-31-26)21-27-30-25(12-14-32-27)24-10-5-6-11-28(24)35(30)22-29(36)34-16-18-37-19-17-34/h5-6,8-14H,3-4,7,15-22H2,1-2H3. The number of benzene rings is 1. The highest BCUT2D eigenvalue weighted by molar-refractivity contribution is 6.09. The van der Waals surface area contributed by atoms with E-state index < -0.39 is 0 Å². The second kappa shape index (κ2) is 11.8. The molecule has 1 aliphatic heterocycles. The van der Waals surface area contributed by atoms with E-state index in [2.05, 4.69) is 58.6 Å². The van der Waals surface area contributed by atoms with Gasteiger partial charge in [0.25, 0.3) is 0 Å². The van der Waals surface area contributed by atoms with Crippen molar-refractivity contribution >= 4 is 27.7 Å². The third-order valence-electron chi connectivity index (χ3n) is 7.35. The molecule has 1 fully saturated rings. The summed E-state index contributed by atoms with van der Waals surface area (Å²) in [4.78, 5) is 27.3. The summed E-state index contributed by atoms with van der Waals surface area (Å²) in [6.07, 6.45) is 7.30. The first-order valence-corrected chi connectivity index (χ1v) is 13.5. The van der Waals surface area contributed by atoms with Gasteiger partial charge in [-0.1, -0.05) is 44.0 Å². The zero-order chi connectivity index (χ0) is 25.6. The van der Waals surface area contributed by atoms with Gasteiger partial charge in [0.15, 0.2) is 0 Å². The number of aromatic nitrogens is 3. The Morgan fingerprint density at radius 1 is 0.946 bits per heavy atom. The smallest absolute Gasteiger partial charge is 0.242 e. The predicted molar refractivity (Wildman–Crippen MR) is 147 cm³/mol. The van der Waals surface area contributed by atoms with Crippen molar-refractivity contribution in [3.63, 3.8) is 0 Å². The van der Waals surface area contributed by atoms with Crippen LogP contribution in [-0.2, 0) is 29.2 Å². The number of aryl methyl sites for hydroxylation is 1. The van der Waals surface area contributed by atoms with E-state index in [0.717, 1.165) is 52.7 Å². The molecule has 0 aliphatic carbocycles. The molecule has 0 spiro atoms. The van der Waals surface area contributed by atoms with E-state index in [0.29, 0.717) is 39.4 Å². The first kappa shape index (κ1) is 25.4. The van der Waals surface area contributed by atoms with Crippen molar-refractivity contribution in [3.8, 4) is 0 Å².